The minimum absolute atomic E-state index is 0.281. The SMILES string of the molecule is CCOC(=O)c1cnn(C)c1COC1CCC(C)(C)CC1. The molecule has 0 atom stereocenters. The van der Waals surface area contributed by atoms with Gasteiger partial charge >= 0.3 is 5.97 Å². The van der Waals surface area contributed by atoms with Crippen LogP contribution in [0, 0.1) is 5.41 Å². The first-order valence-electron chi connectivity index (χ1n) is 7.72. The summed E-state index contributed by atoms with van der Waals surface area (Å²) in [5, 5.41) is 4.14. The molecule has 5 nitrogen and oxygen atoms in total. The molecule has 1 saturated carbocycles. The van der Waals surface area contributed by atoms with Crippen molar-refractivity contribution < 1.29 is 14.3 Å². The van der Waals surface area contributed by atoms with Crippen molar-refractivity contribution in [2.75, 3.05) is 6.61 Å². The van der Waals surface area contributed by atoms with E-state index < -0.39 is 0 Å². The number of aryl methyl sites for hydroxylation is 1. The minimum atomic E-state index is -0.325. The largest absolute Gasteiger partial charge is 0.462 e. The Morgan fingerprint density at radius 1 is 1.43 bits per heavy atom. The highest BCUT2D eigenvalue weighted by atomic mass is 16.5. The summed E-state index contributed by atoms with van der Waals surface area (Å²) < 4.78 is 12.7. The Morgan fingerprint density at radius 3 is 2.71 bits per heavy atom. The maximum Gasteiger partial charge on any atom is 0.341 e. The average Bonchev–Trinajstić information content (AvgIpc) is 2.79. The van der Waals surface area contributed by atoms with E-state index in [2.05, 4.69) is 18.9 Å². The number of carbonyl (C=O) groups excluding carboxylic acids is 1. The molecular formula is C16H26N2O3. The van der Waals surface area contributed by atoms with E-state index >= 15 is 0 Å². The van der Waals surface area contributed by atoms with Crippen molar-refractivity contribution in [2.24, 2.45) is 12.5 Å². The normalized spacial score (nSPS) is 18.7. The molecule has 0 radical (unpaired) electrons. The monoisotopic (exact) mass is 294 g/mol. The van der Waals surface area contributed by atoms with Gasteiger partial charge in [0.05, 0.1) is 31.2 Å². The summed E-state index contributed by atoms with van der Waals surface area (Å²) in [5.74, 6) is -0.325. The van der Waals surface area contributed by atoms with Crippen LogP contribution in [0.15, 0.2) is 6.20 Å². The van der Waals surface area contributed by atoms with Crippen LogP contribution in [0.25, 0.3) is 0 Å². The molecule has 0 aromatic carbocycles. The number of esters is 1. The van der Waals surface area contributed by atoms with Gasteiger partial charge in [0.15, 0.2) is 0 Å². The third-order valence-electron chi connectivity index (χ3n) is 4.30. The highest BCUT2D eigenvalue weighted by Gasteiger charge is 2.28. The van der Waals surface area contributed by atoms with Crippen molar-refractivity contribution >= 4 is 5.97 Å². The highest BCUT2D eigenvalue weighted by molar-refractivity contribution is 5.90. The Balaban J connectivity index is 1.94. The van der Waals surface area contributed by atoms with Gasteiger partial charge in [0, 0.05) is 7.05 Å². The van der Waals surface area contributed by atoms with E-state index in [0.717, 1.165) is 18.5 Å². The zero-order valence-corrected chi connectivity index (χ0v) is 13.5. The summed E-state index contributed by atoms with van der Waals surface area (Å²) in [4.78, 5) is 11.9. The number of rotatable bonds is 5. The second-order valence-corrected chi connectivity index (χ2v) is 6.52. The smallest absolute Gasteiger partial charge is 0.341 e. The van der Waals surface area contributed by atoms with Gasteiger partial charge < -0.3 is 9.47 Å². The lowest BCUT2D eigenvalue weighted by molar-refractivity contribution is -0.00850. The first-order chi connectivity index (χ1) is 9.93. The van der Waals surface area contributed by atoms with Gasteiger partial charge in [-0.1, -0.05) is 13.8 Å². The summed E-state index contributed by atoms with van der Waals surface area (Å²) in [6.07, 6.45) is 6.38. The predicted molar refractivity (Wildman–Crippen MR) is 80.0 cm³/mol. The molecule has 0 spiro atoms. The van der Waals surface area contributed by atoms with Crippen LogP contribution in [-0.4, -0.2) is 28.5 Å². The molecular weight excluding hydrogens is 268 g/mol. The Morgan fingerprint density at radius 2 is 2.10 bits per heavy atom. The second kappa shape index (κ2) is 6.60. The zero-order valence-electron chi connectivity index (χ0n) is 13.5. The van der Waals surface area contributed by atoms with Crippen molar-refractivity contribution in [1.82, 2.24) is 9.78 Å². The number of hydrogen-bond donors (Lipinski definition) is 0. The predicted octanol–water partition coefficient (Wildman–Crippen LogP) is 3.08. The van der Waals surface area contributed by atoms with Crippen LogP contribution in [0.5, 0.6) is 0 Å². The van der Waals surface area contributed by atoms with E-state index in [0.29, 0.717) is 24.2 Å². The number of hydrogen-bond acceptors (Lipinski definition) is 4. The molecule has 0 saturated heterocycles. The standard InChI is InChI=1S/C16H26N2O3/c1-5-20-15(19)13-10-17-18(4)14(13)11-21-12-6-8-16(2,3)9-7-12/h10,12H,5-9,11H2,1-4H3. The second-order valence-electron chi connectivity index (χ2n) is 6.52. The van der Waals surface area contributed by atoms with E-state index in [1.807, 2.05) is 7.05 Å². The molecule has 0 aliphatic heterocycles. The van der Waals surface area contributed by atoms with Gasteiger partial charge in [-0.2, -0.15) is 5.10 Å². The van der Waals surface area contributed by atoms with Gasteiger partial charge in [-0.25, -0.2) is 4.79 Å². The summed E-state index contributed by atoms with van der Waals surface area (Å²) in [5.41, 5.74) is 1.73. The maximum absolute atomic E-state index is 11.9. The highest BCUT2D eigenvalue weighted by Crippen LogP contribution is 2.36. The van der Waals surface area contributed by atoms with E-state index in [1.54, 1.807) is 17.8 Å². The number of ether oxygens (including phenoxy) is 2. The van der Waals surface area contributed by atoms with Gasteiger partial charge in [0.25, 0.3) is 0 Å². The van der Waals surface area contributed by atoms with Crippen molar-refractivity contribution in [3.05, 3.63) is 17.5 Å². The minimum Gasteiger partial charge on any atom is -0.462 e. The molecule has 0 amide bonds. The lowest BCUT2D eigenvalue weighted by Gasteiger charge is -2.34. The number of aromatic nitrogens is 2. The third-order valence-corrected chi connectivity index (χ3v) is 4.30. The van der Waals surface area contributed by atoms with E-state index in [9.17, 15) is 4.79 Å². The zero-order chi connectivity index (χ0) is 15.5. The maximum atomic E-state index is 11.9. The van der Waals surface area contributed by atoms with Gasteiger partial charge in [0.1, 0.15) is 5.56 Å². The molecule has 0 N–H and O–H groups in total. The fraction of sp³-hybridized carbons (Fsp3) is 0.750. The molecule has 0 unspecified atom stereocenters. The summed E-state index contributed by atoms with van der Waals surface area (Å²) in [7, 11) is 1.82. The molecule has 2 rings (SSSR count). The van der Waals surface area contributed by atoms with Crippen LogP contribution in [0.1, 0.15) is 62.5 Å². The quantitative estimate of drug-likeness (QED) is 0.783. The van der Waals surface area contributed by atoms with Gasteiger partial charge in [-0.05, 0) is 38.0 Å². The molecule has 1 aliphatic carbocycles. The van der Waals surface area contributed by atoms with E-state index in [4.69, 9.17) is 9.47 Å². The Labute approximate surface area is 126 Å². The summed E-state index contributed by atoms with van der Waals surface area (Å²) >= 11 is 0. The van der Waals surface area contributed by atoms with Crippen LogP contribution in [-0.2, 0) is 23.1 Å². The molecule has 1 aromatic heterocycles. The van der Waals surface area contributed by atoms with Crippen LogP contribution in [0.3, 0.4) is 0 Å². The molecule has 118 valence electrons. The molecule has 21 heavy (non-hydrogen) atoms. The van der Waals surface area contributed by atoms with Crippen molar-refractivity contribution in [3.8, 4) is 0 Å². The van der Waals surface area contributed by atoms with Crippen LogP contribution in [0.2, 0.25) is 0 Å². The Bertz CT molecular complexity index is 484. The van der Waals surface area contributed by atoms with Crippen LogP contribution < -0.4 is 0 Å². The fourth-order valence-corrected chi connectivity index (χ4v) is 2.75. The van der Waals surface area contributed by atoms with Crippen molar-refractivity contribution in [2.45, 2.75) is 59.2 Å². The molecule has 1 aromatic rings. The van der Waals surface area contributed by atoms with Crippen molar-refractivity contribution in [3.63, 3.8) is 0 Å². The van der Waals surface area contributed by atoms with E-state index in [1.165, 1.54) is 12.8 Å². The van der Waals surface area contributed by atoms with Gasteiger partial charge in [-0.15, -0.1) is 0 Å². The van der Waals surface area contributed by atoms with Crippen LogP contribution in [0.4, 0.5) is 0 Å². The number of nitrogens with zero attached hydrogens (tertiary/aromatic N) is 2. The lowest BCUT2D eigenvalue weighted by atomic mass is 9.76. The first-order valence-corrected chi connectivity index (χ1v) is 7.72. The van der Waals surface area contributed by atoms with Crippen molar-refractivity contribution in [1.29, 1.82) is 0 Å². The topological polar surface area (TPSA) is 53.3 Å². The lowest BCUT2D eigenvalue weighted by Crippen LogP contribution is -2.26. The van der Waals surface area contributed by atoms with E-state index in [-0.39, 0.29) is 12.1 Å². The Kier molecular flexibility index (Phi) is 5.04. The van der Waals surface area contributed by atoms with Crippen LogP contribution >= 0.6 is 0 Å². The molecule has 1 fully saturated rings. The third kappa shape index (κ3) is 4.06. The number of carbonyl (C=O) groups is 1. The molecule has 1 heterocycles. The average molecular weight is 294 g/mol. The molecule has 0 bridgehead atoms. The van der Waals surface area contributed by atoms with Gasteiger partial charge in [0.2, 0.25) is 0 Å². The fourth-order valence-electron chi connectivity index (χ4n) is 2.75. The Hall–Kier alpha value is -1.36. The summed E-state index contributed by atoms with van der Waals surface area (Å²) in [6, 6.07) is 0. The molecule has 1 aliphatic rings. The van der Waals surface area contributed by atoms with Gasteiger partial charge in [-0.3, -0.25) is 4.68 Å². The molecule has 5 heteroatoms. The summed E-state index contributed by atoms with van der Waals surface area (Å²) in [6.45, 7) is 7.20. The first kappa shape index (κ1) is 16.0.